The number of amides is 2. The molecule has 5 nitrogen and oxygen atoms in total. The average molecular weight is 361 g/mol. The fourth-order valence-corrected chi connectivity index (χ4v) is 2.47. The van der Waals surface area contributed by atoms with Gasteiger partial charge < -0.3 is 15.4 Å². The second-order valence-electron chi connectivity index (χ2n) is 5.50. The molecule has 0 radical (unpaired) electrons. The molecule has 2 amide bonds. The van der Waals surface area contributed by atoms with E-state index in [0.717, 1.165) is 12.8 Å². The Bertz CT molecular complexity index is 762. The Kier molecular flexibility index (Phi) is 6.83. The number of methoxy groups -OCH3 is 1. The first-order chi connectivity index (χ1) is 12.0. The Morgan fingerprint density at radius 2 is 1.76 bits per heavy atom. The van der Waals surface area contributed by atoms with Crippen molar-refractivity contribution in [1.82, 2.24) is 0 Å². The molecule has 132 valence electrons. The summed E-state index contributed by atoms with van der Waals surface area (Å²) < 4.78 is 5.21. The zero-order valence-electron chi connectivity index (χ0n) is 14.3. The lowest BCUT2D eigenvalue weighted by Gasteiger charge is -2.14. The highest BCUT2D eigenvalue weighted by Gasteiger charge is 2.15. The summed E-state index contributed by atoms with van der Waals surface area (Å²) in [6.07, 6.45) is 2.21. The standard InChI is InChI=1S/C19H21ClN2O3/c1-3-4-9-18(23)21-15-7-5-6-8-16(15)22-19(24)14-12-13(20)10-11-17(14)25-2/h5-8,10-12H,3-4,9H2,1-2H3,(H,21,23)(H,22,24). The van der Waals surface area contributed by atoms with E-state index in [1.54, 1.807) is 36.4 Å². The van der Waals surface area contributed by atoms with E-state index in [1.165, 1.54) is 13.2 Å². The third-order valence-electron chi connectivity index (χ3n) is 3.61. The topological polar surface area (TPSA) is 67.4 Å². The molecule has 2 aromatic carbocycles. The summed E-state index contributed by atoms with van der Waals surface area (Å²) in [5, 5.41) is 6.07. The highest BCUT2D eigenvalue weighted by Crippen LogP contribution is 2.26. The maximum absolute atomic E-state index is 12.6. The van der Waals surface area contributed by atoms with E-state index in [4.69, 9.17) is 16.3 Å². The number of hydrogen-bond donors (Lipinski definition) is 2. The highest BCUT2D eigenvalue weighted by molar-refractivity contribution is 6.31. The third kappa shape index (κ3) is 5.22. The quantitative estimate of drug-likeness (QED) is 0.750. The van der Waals surface area contributed by atoms with Crippen LogP contribution in [0.1, 0.15) is 36.5 Å². The van der Waals surface area contributed by atoms with Crippen LogP contribution >= 0.6 is 11.6 Å². The van der Waals surface area contributed by atoms with Gasteiger partial charge in [0.1, 0.15) is 5.75 Å². The minimum Gasteiger partial charge on any atom is -0.496 e. The Balaban J connectivity index is 2.19. The number of unbranched alkanes of at least 4 members (excludes halogenated alkanes) is 1. The number of benzene rings is 2. The molecule has 6 heteroatoms. The van der Waals surface area contributed by atoms with Crippen molar-refractivity contribution in [1.29, 1.82) is 0 Å². The number of anilines is 2. The molecular weight excluding hydrogens is 340 g/mol. The van der Waals surface area contributed by atoms with Crippen molar-refractivity contribution in [2.45, 2.75) is 26.2 Å². The Morgan fingerprint density at radius 1 is 1.08 bits per heavy atom. The Hall–Kier alpha value is -2.53. The smallest absolute Gasteiger partial charge is 0.259 e. The van der Waals surface area contributed by atoms with Crippen LogP contribution in [0.5, 0.6) is 5.75 Å². The van der Waals surface area contributed by atoms with E-state index < -0.39 is 0 Å². The molecule has 0 aliphatic heterocycles. The van der Waals surface area contributed by atoms with E-state index in [9.17, 15) is 9.59 Å². The van der Waals surface area contributed by atoms with Crippen LogP contribution in [0.3, 0.4) is 0 Å². The van der Waals surface area contributed by atoms with E-state index in [0.29, 0.717) is 34.1 Å². The predicted octanol–water partition coefficient (Wildman–Crippen LogP) is 4.73. The lowest BCUT2D eigenvalue weighted by Crippen LogP contribution is -2.17. The van der Waals surface area contributed by atoms with Crippen molar-refractivity contribution in [3.05, 3.63) is 53.1 Å². The number of nitrogens with one attached hydrogen (secondary N) is 2. The average Bonchev–Trinajstić information content (AvgIpc) is 2.61. The van der Waals surface area contributed by atoms with Gasteiger partial charge in [0.25, 0.3) is 5.91 Å². The third-order valence-corrected chi connectivity index (χ3v) is 3.85. The number of halogens is 1. The van der Waals surface area contributed by atoms with Crippen LogP contribution in [0, 0.1) is 0 Å². The van der Waals surface area contributed by atoms with E-state index in [2.05, 4.69) is 10.6 Å². The van der Waals surface area contributed by atoms with E-state index >= 15 is 0 Å². The molecule has 2 rings (SSSR count). The number of hydrogen-bond acceptors (Lipinski definition) is 3. The SMILES string of the molecule is CCCCC(=O)Nc1ccccc1NC(=O)c1cc(Cl)ccc1OC. The maximum atomic E-state index is 12.6. The van der Waals surface area contributed by atoms with Crippen LogP contribution in [-0.4, -0.2) is 18.9 Å². The van der Waals surface area contributed by atoms with Crippen molar-refractivity contribution in [2.75, 3.05) is 17.7 Å². The summed E-state index contributed by atoms with van der Waals surface area (Å²) in [4.78, 5) is 24.6. The molecule has 2 N–H and O–H groups in total. The van der Waals surface area contributed by atoms with Crippen LogP contribution in [0.15, 0.2) is 42.5 Å². The van der Waals surface area contributed by atoms with Gasteiger partial charge in [-0.3, -0.25) is 9.59 Å². The summed E-state index contributed by atoms with van der Waals surface area (Å²) in [6, 6.07) is 11.9. The van der Waals surface area contributed by atoms with Gasteiger partial charge in [0.2, 0.25) is 5.91 Å². The van der Waals surface area contributed by atoms with Gasteiger partial charge in [-0.15, -0.1) is 0 Å². The normalized spacial score (nSPS) is 10.2. The Morgan fingerprint density at radius 3 is 2.40 bits per heavy atom. The van der Waals surface area contributed by atoms with Gasteiger partial charge in [0.05, 0.1) is 24.0 Å². The molecule has 0 saturated heterocycles. The van der Waals surface area contributed by atoms with Gasteiger partial charge in [0.15, 0.2) is 0 Å². The summed E-state index contributed by atoms with van der Waals surface area (Å²) in [5.74, 6) is -0.0233. The molecule has 0 spiro atoms. The molecule has 2 aromatic rings. The van der Waals surface area contributed by atoms with Crippen LogP contribution < -0.4 is 15.4 Å². The number of carbonyl (C=O) groups is 2. The fraction of sp³-hybridized carbons (Fsp3) is 0.263. The number of rotatable bonds is 7. The van der Waals surface area contributed by atoms with Crippen LogP contribution in [0.2, 0.25) is 5.02 Å². The van der Waals surface area contributed by atoms with Crippen molar-refractivity contribution in [3.8, 4) is 5.75 Å². The van der Waals surface area contributed by atoms with Crippen LogP contribution in [0.4, 0.5) is 11.4 Å². The maximum Gasteiger partial charge on any atom is 0.259 e. The molecule has 0 unspecified atom stereocenters. The molecule has 0 aromatic heterocycles. The fourth-order valence-electron chi connectivity index (χ4n) is 2.30. The van der Waals surface area contributed by atoms with E-state index in [-0.39, 0.29) is 11.8 Å². The summed E-state index contributed by atoms with van der Waals surface area (Å²) in [6.45, 7) is 2.03. The van der Waals surface area contributed by atoms with Gasteiger partial charge >= 0.3 is 0 Å². The Labute approximate surface area is 152 Å². The first-order valence-electron chi connectivity index (χ1n) is 8.09. The molecule has 0 saturated carbocycles. The summed E-state index contributed by atoms with van der Waals surface area (Å²) in [5.41, 5.74) is 1.39. The van der Waals surface area contributed by atoms with Gasteiger partial charge in [-0.2, -0.15) is 0 Å². The minimum atomic E-state index is -0.366. The van der Waals surface area contributed by atoms with Crippen LogP contribution in [-0.2, 0) is 4.79 Å². The zero-order valence-corrected chi connectivity index (χ0v) is 15.0. The van der Waals surface area contributed by atoms with Gasteiger partial charge in [-0.1, -0.05) is 37.1 Å². The monoisotopic (exact) mass is 360 g/mol. The largest absolute Gasteiger partial charge is 0.496 e. The van der Waals surface area contributed by atoms with Crippen molar-refractivity contribution in [2.24, 2.45) is 0 Å². The first-order valence-corrected chi connectivity index (χ1v) is 8.46. The molecule has 25 heavy (non-hydrogen) atoms. The molecule has 0 aliphatic carbocycles. The molecule has 0 fully saturated rings. The predicted molar refractivity (Wildman–Crippen MR) is 101 cm³/mol. The van der Waals surface area contributed by atoms with Gasteiger partial charge in [-0.05, 0) is 36.8 Å². The van der Waals surface area contributed by atoms with Crippen LogP contribution in [0.25, 0.3) is 0 Å². The van der Waals surface area contributed by atoms with Gasteiger partial charge in [0, 0.05) is 11.4 Å². The molecular formula is C19H21ClN2O3. The minimum absolute atomic E-state index is 0.0797. The number of ether oxygens (including phenoxy) is 1. The summed E-state index contributed by atoms with van der Waals surface area (Å²) in [7, 11) is 1.49. The second-order valence-corrected chi connectivity index (χ2v) is 5.93. The number of para-hydroxylation sites is 2. The zero-order chi connectivity index (χ0) is 18.2. The summed E-state index contributed by atoms with van der Waals surface area (Å²) >= 11 is 5.98. The van der Waals surface area contributed by atoms with E-state index in [1.807, 2.05) is 6.92 Å². The molecule has 0 aliphatic rings. The lowest BCUT2D eigenvalue weighted by atomic mass is 10.1. The number of carbonyl (C=O) groups excluding carboxylic acids is 2. The second kappa shape index (κ2) is 9.08. The van der Waals surface area contributed by atoms with Crippen molar-refractivity contribution in [3.63, 3.8) is 0 Å². The molecule has 0 heterocycles. The lowest BCUT2D eigenvalue weighted by molar-refractivity contribution is -0.116. The first kappa shape index (κ1) is 18.8. The highest BCUT2D eigenvalue weighted by atomic mass is 35.5. The van der Waals surface area contributed by atoms with Gasteiger partial charge in [-0.25, -0.2) is 0 Å². The van der Waals surface area contributed by atoms with Crippen molar-refractivity contribution >= 4 is 34.8 Å². The molecule has 0 bridgehead atoms. The van der Waals surface area contributed by atoms with Crippen molar-refractivity contribution < 1.29 is 14.3 Å². The molecule has 0 atom stereocenters.